The van der Waals surface area contributed by atoms with Gasteiger partial charge in [-0.1, -0.05) is 6.92 Å². The Hall–Kier alpha value is -1.71. The predicted molar refractivity (Wildman–Crippen MR) is 53.3 cm³/mol. The van der Waals surface area contributed by atoms with Crippen LogP contribution < -0.4 is 0 Å². The predicted octanol–water partition coefficient (Wildman–Crippen LogP) is 2.92. The van der Waals surface area contributed by atoms with Crippen LogP contribution in [0.5, 0.6) is 0 Å². The lowest BCUT2D eigenvalue weighted by atomic mass is 10.1. The van der Waals surface area contributed by atoms with E-state index in [4.69, 9.17) is 0 Å². The van der Waals surface area contributed by atoms with E-state index >= 15 is 0 Å². The number of H-pyrrole nitrogens is 1. The molecule has 0 saturated carbocycles. The maximum Gasteiger partial charge on any atom is 0.132 e. The van der Waals surface area contributed by atoms with Crippen LogP contribution in [-0.4, -0.2) is 10.2 Å². The molecule has 0 amide bonds. The van der Waals surface area contributed by atoms with Crippen molar-refractivity contribution in [3.05, 3.63) is 41.6 Å². The Labute approximate surface area is 85.9 Å². The van der Waals surface area contributed by atoms with Gasteiger partial charge in [0.1, 0.15) is 11.6 Å². The van der Waals surface area contributed by atoms with Crippen LogP contribution >= 0.6 is 0 Å². The number of aromatic nitrogens is 2. The summed E-state index contributed by atoms with van der Waals surface area (Å²) in [6.07, 6.45) is 0.782. The van der Waals surface area contributed by atoms with Gasteiger partial charge in [0.25, 0.3) is 0 Å². The molecule has 1 aromatic heterocycles. The Morgan fingerprint density at radius 1 is 1.27 bits per heavy atom. The molecule has 0 unspecified atom stereocenters. The second-order valence-electron chi connectivity index (χ2n) is 3.26. The van der Waals surface area contributed by atoms with E-state index in [0.29, 0.717) is 5.69 Å². The van der Waals surface area contributed by atoms with Crippen LogP contribution in [0.3, 0.4) is 0 Å². The van der Waals surface area contributed by atoms with Crippen molar-refractivity contribution < 1.29 is 8.78 Å². The maximum atomic E-state index is 13.3. The zero-order valence-electron chi connectivity index (χ0n) is 8.22. The third-order valence-corrected chi connectivity index (χ3v) is 2.22. The number of nitrogens with one attached hydrogen (secondary N) is 1. The van der Waals surface area contributed by atoms with E-state index < -0.39 is 11.6 Å². The molecular weight excluding hydrogens is 198 g/mol. The summed E-state index contributed by atoms with van der Waals surface area (Å²) < 4.78 is 26.3. The average Bonchev–Trinajstić information content (AvgIpc) is 2.70. The summed E-state index contributed by atoms with van der Waals surface area (Å²) in [5, 5.41) is 6.69. The van der Waals surface area contributed by atoms with Gasteiger partial charge in [0, 0.05) is 11.3 Å². The lowest BCUT2D eigenvalue weighted by Gasteiger charge is -1.98. The van der Waals surface area contributed by atoms with Crippen LogP contribution in [0.1, 0.15) is 12.6 Å². The molecule has 2 aromatic rings. The number of hydrogen-bond acceptors (Lipinski definition) is 1. The fraction of sp³-hybridized carbons (Fsp3) is 0.182. The molecule has 0 radical (unpaired) electrons. The summed E-state index contributed by atoms with van der Waals surface area (Å²) in [6.45, 7) is 1.96. The SMILES string of the molecule is CCc1cc(-c2cc(F)ccc2F)n[nH]1. The minimum atomic E-state index is -0.467. The Balaban J connectivity index is 2.48. The molecule has 78 valence electrons. The molecule has 0 bridgehead atoms. The standard InChI is InChI=1S/C11H10F2N2/c1-2-8-6-11(15-14-8)9-5-7(12)3-4-10(9)13/h3-6H,2H2,1H3,(H,14,15). The quantitative estimate of drug-likeness (QED) is 0.807. The van der Waals surface area contributed by atoms with Gasteiger partial charge in [0.05, 0.1) is 5.69 Å². The molecule has 0 aliphatic rings. The second kappa shape index (κ2) is 3.81. The van der Waals surface area contributed by atoms with Crippen molar-refractivity contribution >= 4 is 0 Å². The molecule has 2 rings (SSSR count). The lowest BCUT2D eigenvalue weighted by Crippen LogP contribution is -1.86. The van der Waals surface area contributed by atoms with Gasteiger partial charge in [0.2, 0.25) is 0 Å². The largest absolute Gasteiger partial charge is 0.282 e. The first-order chi connectivity index (χ1) is 7.20. The molecule has 0 aliphatic heterocycles. The number of benzene rings is 1. The van der Waals surface area contributed by atoms with Crippen molar-refractivity contribution in [1.82, 2.24) is 10.2 Å². The van der Waals surface area contributed by atoms with E-state index in [1.54, 1.807) is 6.07 Å². The van der Waals surface area contributed by atoms with Crippen molar-refractivity contribution in [2.45, 2.75) is 13.3 Å². The second-order valence-corrected chi connectivity index (χ2v) is 3.26. The summed E-state index contributed by atoms with van der Waals surface area (Å²) in [5.41, 5.74) is 1.52. The Morgan fingerprint density at radius 2 is 2.07 bits per heavy atom. The van der Waals surface area contributed by atoms with Crippen molar-refractivity contribution in [3.63, 3.8) is 0 Å². The van der Waals surface area contributed by atoms with E-state index in [0.717, 1.165) is 30.3 Å². The first-order valence-electron chi connectivity index (χ1n) is 4.70. The van der Waals surface area contributed by atoms with Gasteiger partial charge >= 0.3 is 0 Å². The number of rotatable bonds is 2. The minimum Gasteiger partial charge on any atom is -0.282 e. The molecule has 2 nitrogen and oxygen atoms in total. The van der Waals surface area contributed by atoms with Gasteiger partial charge < -0.3 is 0 Å². The lowest BCUT2D eigenvalue weighted by molar-refractivity contribution is 0.602. The van der Waals surface area contributed by atoms with Crippen molar-refractivity contribution in [2.24, 2.45) is 0 Å². The summed E-state index contributed by atoms with van der Waals surface area (Å²) in [5.74, 6) is -0.932. The number of aryl methyl sites for hydroxylation is 1. The van der Waals surface area contributed by atoms with Crippen molar-refractivity contribution in [2.75, 3.05) is 0 Å². The van der Waals surface area contributed by atoms with Crippen LogP contribution in [0.2, 0.25) is 0 Å². The fourth-order valence-electron chi connectivity index (χ4n) is 1.37. The molecule has 0 atom stereocenters. The van der Waals surface area contributed by atoms with Crippen LogP contribution in [0, 0.1) is 11.6 Å². The van der Waals surface area contributed by atoms with Crippen molar-refractivity contribution in [3.8, 4) is 11.3 Å². The molecule has 0 spiro atoms. The van der Waals surface area contributed by atoms with E-state index in [1.165, 1.54) is 0 Å². The molecule has 1 aromatic carbocycles. The third kappa shape index (κ3) is 1.88. The number of halogens is 2. The Kier molecular flexibility index (Phi) is 2.49. The smallest absolute Gasteiger partial charge is 0.132 e. The normalized spacial score (nSPS) is 10.6. The highest BCUT2D eigenvalue weighted by atomic mass is 19.1. The highest BCUT2D eigenvalue weighted by Crippen LogP contribution is 2.22. The molecule has 4 heteroatoms. The minimum absolute atomic E-state index is 0.186. The topological polar surface area (TPSA) is 28.7 Å². The number of nitrogens with zero attached hydrogens (tertiary/aromatic N) is 1. The number of hydrogen-bond donors (Lipinski definition) is 1. The van der Waals surface area contributed by atoms with E-state index in [9.17, 15) is 8.78 Å². The first-order valence-corrected chi connectivity index (χ1v) is 4.70. The van der Waals surface area contributed by atoms with Crippen LogP contribution in [0.25, 0.3) is 11.3 Å². The van der Waals surface area contributed by atoms with E-state index in [2.05, 4.69) is 10.2 Å². The maximum absolute atomic E-state index is 13.3. The molecule has 0 aliphatic carbocycles. The zero-order valence-corrected chi connectivity index (χ0v) is 8.22. The van der Waals surface area contributed by atoms with Crippen LogP contribution in [0.15, 0.2) is 24.3 Å². The molecule has 0 saturated heterocycles. The fourth-order valence-corrected chi connectivity index (χ4v) is 1.37. The van der Waals surface area contributed by atoms with E-state index in [1.807, 2.05) is 6.92 Å². The molecule has 0 fully saturated rings. The van der Waals surface area contributed by atoms with E-state index in [-0.39, 0.29) is 5.56 Å². The molecule has 1 heterocycles. The zero-order chi connectivity index (χ0) is 10.8. The summed E-state index contributed by atoms with van der Waals surface area (Å²) in [4.78, 5) is 0. The van der Waals surface area contributed by atoms with Gasteiger partial charge in [0.15, 0.2) is 0 Å². The summed E-state index contributed by atoms with van der Waals surface area (Å²) in [7, 11) is 0. The Morgan fingerprint density at radius 3 is 2.73 bits per heavy atom. The molecule has 1 N–H and O–H groups in total. The summed E-state index contributed by atoms with van der Waals surface area (Å²) >= 11 is 0. The monoisotopic (exact) mass is 208 g/mol. The van der Waals surface area contributed by atoms with Crippen LogP contribution in [-0.2, 0) is 6.42 Å². The Bertz CT molecular complexity index is 477. The average molecular weight is 208 g/mol. The van der Waals surface area contributed by atoms with Gasteiger partial charge in [-0.25, -0.2) is 8.78 Å². The highest BCUT2D eigenvalue weighted by molar-refractivity contribution is 5.60. The highest BCUT2D eigenvalue weighted by Gasteiger charge is 2.09. The number of aromatic amines is 1. The first kappa shape index (κ1) is 9.83. The summed E-state index contributed by atoms with van der Waals surface area (Å²) in [6, 6.07) is 5.06. The van der Waals surface area contributed by atoms with Crippen LogP contribution in [0.4, 0.5) is 8.78 Å². The van der Waals surface area contributed by atoms with Gasteiger partial charge in [-0.2, -0.15) is 5.10 Å². The third-order valence-electron chi connectivity index (χ3n) is 2.22. The van der Waals surface area contributed by atoms with Gasteiger partial charge in [-0.05, 0) is 30.7 Å². The van der Waals surface area contributed by atoms with Gasteiger partial charge in [-0.15, -0.1) is 0 Å². The van der Waals surface area contributed by atoms with Gasteiger partial charge in [-0.3, -0.25) is 5.10 Å². The molecule has 15 heavy (non-hydrogen) atoms. The molecular formula is C11H10F2N2. The van der Waals surface area contributed by atoms with Crippen molar-refractivity contribution in [1.29, 1.82) is 0 Å².